The summed E-state index contributed by atoms with van der Waals surface area (Å²) in [7, 11) is -3.59. The van der Waals surface area contributed by atoms with E-state index in [1.54, 1.807) is 0 Å². The largest absolute Gasteiger partial charge is 0.387 e. The highest BCUT2D eigenvalue weighted by atomic mass is 35.5. The molecule has 0 saturated heterocycles. The number of nitrogens with zero attached hydrogens (tertiary/aromatic N) is 1. The van der Waals surface area contributed by atoms with Gasteiger partial charge in [0.15, 0.2) is 0 Å². The van der Waals surface area contributed by atoms with Crippen LogP contribution in [-0.2, 0) is 9.15 Å². The van der Waals surface area contributed by atoms with E-state index in [0.29, 0.717) is 22.5 Å². The zero-order valence-electron chi connectivity index (χ0n) is 9.28. The summed E-state index contributed by atoms with van der Waals surface area (Å²) in [5.41, 5.74) is 5.65. The minimum absolute atomic E-state index is 0. The molecule has 100 valence electrons. The molecule has 0 amide bonds. The van der Waals surface area contributed by atoms with Crippen LogP contribution in [0.1, 0.15) is 25.7 Å². The first-order valence-corrected chi connectivity index (χ1v) is 8.32. The molecule has 2 saturated carbocycles. The Morgan fingerprint density at radius 1 is 1.41 bits per heavy atom. The topological polar surface area (TPSA) is 92.8 Å². The Morgan fingerprint density at radius 2 is 2.12 bits per heavy atom. The van der Waals surface area contributed by atoms with Gasteiger partial charge in [-0.25, -0.2) is 0 Å². The summed E-state index contributed by atoms with van der Waals surface area (Å²) in [6.07, 6.45) is 4.85. The highest BCUT2D eigenvalue weighted by Gasteiger charge is 2.39. The van der Waals surface area contributed by atoms with Gasteiger partial charge in [0.1, 0.15) is 5.84 Å². The van der Waals surface area contributed by atoms with Crippen molar-refractivity contribution >= 4 is 38.2 Å². The lowest BCUT2D eigenvalue weighted by atomic mass is 9.96. The van der Waals surface area contributed by atoms with Gasteiger partial charge in [0.2, 0.25) is 0 Å². The van der Waals surface area contributed by atoms with Crippen LogP contribution >= 0.6 is 23.2 Å². The summed E-state index contributed by atoms with van der Waals surface area (Å²) in [4.78, 5) is 4.36. The van der Waals surface area contributed by atoms with Crippen LogP contribution in [0.2, 0.25) is 0 Å². The van der Waals surface area contributed by atoms with Gasteiger partial charge in [0.25, 0.3) is 0 Å². The molecule has 8 heteroatoms. The zero-order valence-corrected chi connectivity index (χ0v) is 11.7. The Balaban J connectivity index is 0.00000144. The molecule has 2 bridgehead atoms. The molecule has 0 aromatic heterocycles. The second-order valence-electron chi connectivity index (χ2n) is 4.55. The molecule has 0 radical (unpaired) electrons. The van der Waals surface area contributed by atoms with E-state index in [1.165, 1.54) is 19.3 Å². The number of hydrogen-bond donors (Lipinski definition) is 2. The molecule has 17 heavy (non-hydrogen) atoms. The van der Waals surface area contributed by atoms with E-state index < -0.39 is 9.15 Å². The van der Waals surface area contributed by atoms with E-state index in [2.05, 4.69) is 4.99 Å². The van der Waals surface area contributed by atoms with Crippen LogP contribution in [0.15, 0.2) is 4.99 Å². The average Bonchev–Trinajstić information content (AvgIpc) is 2.75. The number of aliphatic imine (C=N–C) groups is 1. The summed E-state index contributed by atoms with van der Waals surface area (Å²) in [5, 5.41) is 0. The number of fused-ring (bicyclic) bond motifs is 2. The van der Waals surface area contributed by atoms with Crippen LogP contribution in [0.4, 0.5) is 0 Å². The summed E-state index contributed by atoms with van der Waals surface area (Å²) in [6.45, 7) is 0. The van der Waals surface area contributed by atoms with Gasteiger partial charge in [-0.15, -0.1) is 12.4 Å². The van der Waals surface area contributed by atoms with Crippen molar-refractivity contribution < 1.29 is 13.0 Å². The summed E-state index contributed by atoms with van der Waals surface area (Å²) in [5.74, 6) is 1.80. The smallest absolute Gasteiger partial charge is 0.320 e. The fourth-order valence-electron chi connectivity index (χ4n) is 2.75. The number of nitrogens with two attached hydrogens (primary N) is 1. The van der Waals surface area contributed by atoms with Crippen LogP contribution in [0, 0.1) is 11.8 Å². The minimum atomic E-state index is -4.01. The van der Waals surface area contributed by atoms with Crippen LogP contribution in [-0.4, -0.2) is 30.6 Å². The maximum absolute atomic E-state index is 10.5. The maximum atomic E-state index is 10.5. The predicted molar refractivity (Wildman–Crippen MR) is 72.1 cm³/mol. The van der Waals surface area contributed by atoms with Crippen LogP contribution in [0.3, 0.4) is 0 Å². The first kappa shape index (κ1) is 15.1. The van der Waals surface area contributed by atoms with Gasteiger partial charge in [-0.2, -0.15) is 8.42 Å². The Kier molecular flexibility index (Phi) is 5.12. The Morgan fingerprint density at radius 3 is 2.59 bits per heavy atom. The number of amidine groups is 1. The molecule has 0 aromatic carbocycles. The molecular weight excluding hydrogens is 284 g/mol. The van der Waals surface area contributed by atoms with E-state index in [-0.39, 0.29) is 24.2 Å². The summed E-state index contributed by atoms with van der Waals surface area (Å²) in [6, 6.07) is 0.278. The van der Waals surface area contributed by atoms with Crippen molar-refractivity contribution in [1.29, 1.82) is 0 Å². The monoisotopic (exact) mass is 300 g/mol. The van der Waals surface area contributed by atoms with Crippen molar-refractivity contribution in [2.24, 2.45) is 22.6 Å². The Labute approximate surface area is 111 Å². The van der Waals surface area contributed by atoms with E-state index in [1.807, 2.05) is 0 Å². The fraction of sp³-hybridized carbons (Fsp3) is 0.889. The van der Waals surface area contributed by atoms with Gasteiger partial charge in [-0.1, -0.05) is 6.42 Å². The fourth-order valence-corrected chi connectivity index (χ4v) is 3.91. The van der Waals surface area contributed by atoms with Crippen LogP contribution in [0.25, 0.3) is 0 Å². The molecule has 2 aliphatic carbocycles. The van der Waals surface area contributed by atoms with Gasteiger partial charge >= 0.3 is 9.15 Å². The summed E-state index contributed by atoms with van der Waals surface area (Å²) < 4.78 is 29.6. The highest BCUT2D eigenvalue weighted by Crippen LogP contribution is 2.45. The molecule has 5 nitrogen and oxygen atoms in total. The second-order valence-corrected chi connectivity index (χ2v) is 7.90. The third kappa shape index (κ3) is 4.31. The van der Waals surface area contributed by atoms with Gasteiger partial charge in [-0.3, -0.25) is 9.55 Å². The quantitative estimate of drug-likeness (QED) is 0.355. The van der Waals surface area contributed by atoms with Gasteiger partial charge < -0.3 is 5.73 Å². The van der Waals surface area contributed by atoms with Crippen molar-refractivity contribution in [3.63, 3.8) is 0 Å². The van der Waals surface area contributed by atoms with E-state index in [4.69, 9.17) is 10.3 Å². The van der Waals surface area contributed by atoms with E-state index in [0.717, 1.165) is 12.3 Å². The second kappa shape index (κ2) is 5.77. The molecule has 2 fully saturated rings. The van der Waals surface area contributed by atoms with Gasteiger partial charge in [0, 0.05) is 10.8 Å². The van der Waals surface area contributed by atoms with E-state index in [9.17, 15) is 8.42 Å². The molecule has 3 N–H and O–H groups in total. The molecule has 0 spiro atoms. The molecule has 0 heterocycles. The Bertz CT molecular complexity index is 399. The van der Waals surface area contributed by atoms with Crippen molar-refractivity contribution in [1.82, 2.24) is 0 Å². The first-order chi connectivity index (χ1) is 7.44. The van der Waals surface area contributed by atoms with Crippen molar-refractivity contribution in [2.45, 2.75) is 31.7 Å². The molecule has 2 aliphatic rings. The van der Waals surface area contributed by atoms with Gasteiger partial charge in [-0.05, 0) is 31.1 Å². The third-order valence-electron chi connectivity index (χ3n) is 3.39. The normalized spacial score (nSPS) is 32.5. The molecule has 0 aromatic rings. The SMILES string of the molecule is Cl.NC(CSS(=O)(=O)O)=NC1CC2CCC1C2. The zero-order chi connectivity index (χ0) is 11.8. The number of rotatable bonds is 4. The lowest BCUT2D eigenvalue weighted by Crippen LogP contribution is -2.23. The highest BCUT2D eigenvalue weighted by molar-refractivity contribution is 8.70. The molecule has 0 aliphatic heterocycles. The molecule has 3 unspecified atom stereocenters. The first-order valence-electron chi connectivity index (χ1n) is 5.38. The standard InChI is InChI=1S/C9H16N2O3S2.ClH/c10-9(5-15-16(12,13)14)11-8-4-6-1-2-7(8)3-6;/h6-8H,1-5H2,(H2,10,11)(H,12,13,14);1H. The molecule has 3 atom stereocenters. The van der Waals surface area contributed by atoms with Crippen LogP contribution < -0.4 is 5.73 Å². The third-order valence-corrected chi connectivity index (χ3v) is 5.35. The number of hydrogen-bond acceptors (Lipinski definition) is 4. The average molecular weight is 301 g/mol. The lowest BCUT2D eigenvalue weighted by molar-refractivity contribution is 0.420. The van der Waals surface area contributed by atoms with Gasteiger partial charge in [0.05, 0.1) is 11.8 Å². The summed E-state index contributed by atoms with van der Waals surface area (Å²) >= 11 is 0. The lowest BCUT2D eigenvalue weighted by Gasteiger charge is -2.17. The van der Waals surface area contributed by atoms with E-state index >= 15 is 0 Å². The van der Waals surface area contributed by atoms with Crippen molar-refractivity contribution in [3.8, 4) is 0 Å². The maximum Gasteiger partial charge on any atom is 0.320 e. The molecule has 2 rings (SSSR count). The number of halogens is 1. The van der Waals surface area contributed by atoms with Crippen molar-refractivity contribution in [2.75, 3.05) is 5.75 Å². The van der Waals surface area contributed by atoms with Crippen LogP contribution in [0.5, 0.6) is 0 Å². The molecular formula is C9H17ClN2O3S2. The van der Waals surface area contributed by atoms with Crippen molar-refractivity contribution in [3.05, 3.63) is 0 Å². The predicted octanol–water partition coefficient (Wildman–Crippen LogP) is 1.49. The Hall–Kier alpha value is 0.0200. The minimum Gasteiger partial charge on any atom is -0.387 e.